The highest BCUT2D eigenvalue weighted by atomic mass is 35.5. The summed E-state index contributed by atoms with van der Waals surface area (Å²) >= 11 is 17.7. The molecule has 1 aliphatic rings. The Kier molecular flexibility index (Phi) is 7.27. The molecular weight excluding hydrogens is 554 g/mol. The van der Waals surface area contributed by atoms with Gasteiger partial charge in [0.15, 0.2) is 0 Å². The summed E-state index contributed by atoms with van der Waals surface area (Å²) in [7, 11) is 0. The second-order valence-electron chi connectivity index (χ2n) is 8.31. The van der Waals surface area contributed by atoms with E-state index in [0.29, 0.717) is 21.2 Å². The van der Waals surface area contributed by atoms with Gasteiger partial charge < -0.3 is 4.84 Å². The van der Waals surface area contributed by atoms with Crippen molar-refractivity contribution in [3.63, 3.8) is 0 Å². The molecule has 192 valence electrons. The van der Waals surface area contributed by atoms with Gasteiger partial charge in [-0.3, -0.25) is 9.59 Å². The van der Waals surface area contributed by atoms with Crippen molar-refractivity contribution in [1.82, 2.24) is 5.01 Å². The molecule has 3 aromatic carbocycles. The second kappa shape index (κ2) is 9.98. The molecule has 0 aromatic heterocycles. The summed E-state index contributed by atoms with van der Waals surface area (Å²) in [5, 5.41) is 4.61. The van der Waals surface area contributed by atoms with Gasteiger partial charge in [-0.15, -0.1) is 0 Å². The molecular formula is C25H17Cl3F3N3O3. The van der Waals surface area contributed by atoms with Gasteiger partial charge in [0, 0.05) is 38.2 Å². The number of benzene rings is 3. The van der Waals surface area contributed by atoms with E-state index >= 15 is 0 Å². The van der Waals surface area contributed by atoms with Crippen LogP contribution in [0, 0.1) is 6.92 Å². The Bertz CT molecular complexity index is 1410. The molecule has 2 N–H and O–H groups in total. The topological polar surface area (TPSA) is 85.0 Å². The SMILES string of the molecule is Cc1cc(C2=NOC(c3cc(Cl)cc(Cl)c3)(C(F)(F)F)C2)ccc1C(=O)N(N)C(=O)c1ccc(Cl)cc1. The Morgan fingerprint density at radius 1 is 0.946 bits per heavy atom. The zero-order valence-electron chi connectivity index (χ0n) is 18.9. The molecule has 0 bridgehead atoms. The van der Waals surface area contributed by atoms with Crippen LogP contribution in [0.1, 0.15) is 43.8 Å². The number of hydrogen-bond donors (Lipinski definition) is 1. The number of hydrazine groups is 1. The normalized spacial score (nSPS) is 17.2. The quantitative estimate of drug-likeness (QED) is 0.164. The fourth-order valence-corrected chi connectivity index (χ4v) is 4.53. The van der Waals surface area contributed by atoms with Crippen LogP contribution in [0.5, 0.6) is 0 Å². The summed E-state index contributed by atoms with van der Waals surface area (Å²) in [5.74, 6) is 4.22. The standard InChI is InChI=1S/C25H17Cl3F3N3O3/c1-13-8-15(4-7-20(13)23(36)34(32)22(35)14-2-5-17(26)6-3-14)21-12-24(37-33-21,25(29,30)31)16-9-18(27)11-19(28)10-16/h2-11H,12,32H2,1H3. The first kappa shape index (κ1) is 26.9. The van der Waals surface area contributed by atoms with Crippen LogP contribution in [-0.2, 0) is 10.4 Å². The van der Waals surface area contributed by atoms with E-state index in [1.165, 1.54) is 48.5 Å². The Morgan fingerprint density at radius 3 is 2.14 bits per heavy atom. The Balaban J connectivity index is 1.59. The second-order valence-corrected chi connectivity index (χ2v) is 9.62. The van der Waals surface area contributed by atoms with E-state index in [1.807, 2.05) is 0 Å². The average Bonchev–Trinajstić information content (AvgIpc) is 3.30. The van der Waals surface area contributed by atoms with E-state index < -0.39 is 30.0 Å². The fraction of sp³-hybridized carbons (Fsp3) is 0.160. The number of nitrogens with zero attached hydrogens (tertiary/aromatic N) is 2. The predicted octanol–water partition coefficient (Wildman–Crippen LogP) is 6.69. The molecule has 1 heterocycles. The molecule has 0 saturated carbocycles. The van der Waals surface area contributed by atoms with Gasteiger partial charge in [-0.05, 0) is 72.6 Å². The smallest absolute Gasteiger partial charge is 0.374 e. The minimum atomic E-state index is -4.85. The summed E-state index contributed by atoms with van der Waals surface area (Å²) in [6, 6.07) is 13.6. The van der Waals surface area contributed by atoms with E-state index in [9.17, 15) is 22.8 Å². The van der Waals surface area contributed by atoms with E-state index in [0.717, 1.165) is 12.1 Å². The number of carbonyl (C=O) groups excluding carboxylic acids is 2. The molecule has 37 heavy (non-hydrogen) atoms. The number of aryl methyl sites for hydroxylation is 1. The maximum Gasteiger partial charge on any atom is 0.435 e. The van der Waals surface area contributed by atoms with Crippen LogP contribution in [0.15, 0.2) is 65.8 Å². The Hall–Kier alpha value is -3.11. The molecule has 1 unspecified atom stereocenters. The third-order valence-corrected chi connectivity index (χ3v) is 6.52. The van der Waals surface area contributed by atoms with Crippen molar-refractivity contribution in [2.75, 3.05) is 0 Å². The molecule has 0 fully saturated rings. The van der Waals surface area contributed by atoms with Gasteiger partial charge in [0.2, 0.25) is 0 Å². The summed E-state index contributed by atoms with van der Waals surface area (Å²) in [4.78, 5) is 30.5. The minimum absolute atomic E-state index is 0.00244. The van der Waals surface area contributed by atoms with Crippen molar-refractivity contribution in [3.05, 3.63) is 104 Å². The van der Waals surface area contributed by atoms with E-state index in [1.54, 1.807) is 6.92 Å². The van der Waals surface area contributed by atoms with Gasteiger partial charge in [-0.2, -0.15) is 13.2 Å². The zero-order valence-corrected chi connectivity index (χ0v) is 21.2. The molecule has 12 heteroatoms. The van der Waals surface area contributed by atoms with Crippen LogP contribution in [0.4, 0.5) is 13.2 Å². The molecule has 2 amide bonds. The molecule has 6 nitrogen and oxygen atoms in total. The fourth-order valence-electron chi connectivity index (χ4n) is 3.88. The minimum Gasteiger partial charge on any atom is -0.374 e. The molecule has 0 radical (unpaired) electrons. The summed E-state index contributed by atoms with van der Waals surface area (Å²) in [6.45, 7) is 1.56. The van der Waals surface area contributed by atoms with Crippen molar-refractivity contribution >= 4 is 52.3 Å². The third kappa shape index (κ3) is 5.17. The van der Waals surface area contributed by atoms with Gasteiger partial charge in [-0.25, -0.2) is 10.9 Å². The number of carbonyl (C=O) groups is 2. The average molecular weight is 571 g/mol. The number of oxime groups is 1. The van der Waals surface area contributed by atoms with Crippen molar-refractivity contribution in [1.29, 1.82) is 0 Å². The van der Waals surface area contributed by atoms with Gasteiger partial charge in [0.1, 0.15) is 0 Å². The number of hydrogen-bond acceptors (Lipinski definition) is 5. The monoisotopic (exact) mass is 569 g/mol. The summed E-state index contributed by atoms with van der Waals surface area (Å²) in [6.07, 6.45) is -5.50. The molecule has 1 aliphatic heterocycles. The van der Waals surface area contributed by atoms with Crippen LogP contribution in [0.25, 0.3) is 0 Å². The van der Waals surface area contributed by atoms with Crippen LogP contribution >= 0.6 is 34.8 Å². The first-order valence-corrected chi connectivity index (χ1v) is 11.7. The molecule has 0 aliphatic carbocycles. The number of imide groups is 1. The maximum atomic E-state index is 14.2. The number of rotatable bonds is 4. The predicted molar refractivity (Wildman–Crippen MR) is 134 cm³/mol. The Morgan fingerprint density at radius 2 is 1.57 bits per heavy atom. The van der Waals surface area contributed by atoms with Gasteiger partial charge in [0.25, 0.3) is 17.4 Å². The Labute approximate surface area is 224 Å². The summed E-state index contributed by atoms with van der Waals surface area (Å²) in [5.41, 5.74) is -2.20. The molecule has 4 rings (SSSR count). The molecule has 3 aromatic rings. The van der Waals surface area contributed by atoms with Crippen LogP contribution in [-0.4, -0.2) is 28.7 Å². The first-order valence-electron chi connectivity index (χ1n) is 10.6. The van der Waals surface area contributed by atoms with E-state index in [2.05, 4.69) is 5.16 Å². The molecule has 0 saturated heterocycles. The van der Waals surface area contributed by atoms with Crippen LogP contribution in [0.2, 0.25) is 15.1 Å². The highest BCUT2D eigenvalue weighted by Gasteiger charge is 2.62. The highest BCUT2D eigenvalue weighted by Crippen LogP contribution is 2.49. The summed E-state index contributed by atoms with van der Waals surface area (Å²) < 4.78 is 42.7. The third-order valence-electron chi connectivity index (χ3n) is 5.83. The van der Waals surface area contributed by atoms with Crippen molar-refractivity contribution < 1.29 is 27.6 Å². The zero-order chi connectivity index (χ0) is 27.1. The number of amides is 2. The van der Waals surface area contributed by atoms with Crippen molar-refractivity contribution in [2.45, 2.75) is 25.1 Å². The lowest BCUT2D eigenvalue weighted by Crippen LogP contribution is -2.43. The number of alkyl halides is 3. The van der Waals surface area contributed by atoms with Crippen molar-refractivity contribution in [2.24, 2.45) is 11.0 Å². The van der Waals surface area contributed by atoms with Crippen molar-refractivity contribution in [3.8, 4) is 0 Å². The van der Waals surface area contributed by atoms with E-state index in [-0.39, 0.29) is 32.4 Å². The lowest BCUT2D eigenvalue weighted by Gasteiger charge is -2.29. The maximum absolute atomic E-state index is 14.2. The van der Waals surface area contributed by atoms with Crippen LogP contribution in [0.3, 0.4) is 0 Å². The van der Waals surface area contributed by atoms with Gasteiger partial charge in [-0.1, -0.05) is 46.0 Å². The largest absolute Gasteiger partial charge is 0.435 e. The van der Waals surface area contributed by atoms with E-state index in [4.69, 9.17) is 45.5 Å². The van der Waals surface area contributed by atoms with Gasteiger partial charge in [0.05, 0.1) is 5.71 Å². The van der Waals surface area contributed by atoms with Gasteiger partial charge >= 0.3 is 6.18 Å². The lowest BCUT2D eigenvalue weighted by atomic mass is 9.86. The van der Waals surface area contributed by atoms with Crippen LogP contribution < -0.4 is 5.84 Å². The molecule has 1 atom stereocenters. The lowest BCUT2D eigenvalue weighted by molar-refractivity contribution is -0.275. The highest BCUT2D eigenvalue weighted by molar-refractivity contribution is 6.34. The molecule has 0 spiro atoms. The number of halogens is 6. The first-order chi connectivity index (χ1) is 17.3. The number of nitrogens with two attached hydrogens (primary N) is 1.